The van der Waals surface area contributed by atoms with Crippen LogP contribution in [0.15, 0.2) is 24.3 Å². The number of ether oxygens (including phenoxy) is 1. The van der Waals surface area contributed by atoms with Gasteiger partial charge in [-0.05, 0) is 42.7 Å². The van der Waals surface area contributed by atoms with Crippen molar-refractivity contribution in [2.24, 2.45) is 11.1 Å². The molecule has 2 aliphatic rings. The lowest BCUT2D eigenvalue weighted by molar-refractivity contribution is -0.0581. The first-order chi connectivity index (χ1) is 9.25. The molecule has 1 aromatic carbocycles. The maximum atomic E-state index is 10.8. The Kier molecular flexibility index (Phi) is 3.61. The third-order valence-electron chi connectivity index (χ3n) is 4.75. The second-order valence-corrected chi connectivity index (χ2v) is 6.03. The molecule has 0 spiro atoms. The number of benzene rings is 1. The van der Waals surface area contributed by atoms with Crippen molar-refractivity contribution in [3.8, 4) is 0 Å². The standard InChI is InChI=1S/C16H23NO2/c17-11-16(6-8-19-9-7-16)15(18)14-3-1-2-13(10-14)12-4-5-12/h1-3,10,12,15,18H,4-9,11,17H2. The van der Waals surface area contributed by atoms with Crippen molar-refractivity contribution in [3.63, 3.8) is 0 Å². The predicted molar refractivity (Wildman–Crippen MR) is 74.9 cm³/mol. The summed E-state index contributed by atoms with van der Waals surface area (Å²) in [4.78, 5) is 0. The van der Waals surface area contributed by atoms with E-state index >= 15 is 0 Å². The van der Waals surface area contributed by atoms with Gasteiger partial charge in [0.05, 0.1) is 6.10 Å². The zero-order valence-electron chi connectivity index (χ0n) is 11.3. The van der Waals surface area contributed by atoms with E-state index in [1.165, 1.54) is 18.4 Å². The zero-order valence-corrected chi connectivity index (χ0v) is 11.3. The molecule has 3 nitrogen and oxygen atoms in total. The fraction of sp³-hybridized carbons (Fsp3) is 0.625. The Labute approximate surface area is 114 Å². The number of hydrogen-bond donors (Lipinski definition) is 2. The molecule has 0 amide bonds. The smallest absolute Gasteiger partial charge is 0.0860 e. The first kappa shape index (κ1) is 13.1. The predicted octanol–water partition coefficient (Wildman–Crippen LogP) is 2.35. The van der Waals surface area contributed by atoms with Crippen LogP contribution >= 0.6 is 0 Å². The maximum absolute atomic E-state index is 10.8. The molecule has 3 rings (SSSR count). The summed E-state index contributed by atoms with van der Waals surface area (Å²) in [5, 5.41) is 10.8. The van der Waals surface area contributed by atoms with E-state index in [0.717, 1.165) is 24.3 Å². The van der Waals surface area contributed by atoms with Gasteiger partial charge in [0, 0.05) is 25.2 Å². The van der Waals surface area contributed by atoms with Gasteiger partial charge >= 0.3 is 0 Å². The van der Waals surface area contributed by atoms with Crippen LogP contribution in [0.1, 0.15) is 48.8 Å². The van der Waals surface area contributed by atoms with Crippen LogP contribution in [0.2, 0.25) is 0 Å². The van der Waals surface area contributed by atoms with Gasteiger partial charge in [0.25, 0.3) is 0 Å². The van der Waals surface area contributed by atoms with Gasteiger partial charge in [-0.1, -0.05) is 24.3 Å². The number of hydrogen-bond acceptors (Lipinski definition) is 3. The summed E-state index contributed by atoms with van der Waals surface area (Å²) in [6, 6.07) is 8.45. The highest BCUT2D eigenvalue weighted by atomic mass is 16.5. The molecule has 1 heterocycles. The highest BCUT2D eigenvalue weighted by molar-refractivity contribution is 5.31. The highest BCUT2D eigenvalue weighted by Gasteiger charge is 2.39. The molecule has 1 unspecified atom stereocenters. The van der Waals surface area contributed by atoms with Crippen LogP contribution in [0.3, 0.4) is 0 Å². The van der Waals surface area contributed by atoms with Crippen LogP contribution in [0.5, 0.6) is 0 Å². The maximum Gasteiger partial charge on any atom is 0.0860 e. The summed E-state index contributed by atoms with van der Waals surface area (Å²) < 4.78 is 5.42. The van der Waals surface area contributed by atoms with E-state index in [9.17, 15) is 5.11 Å². The van der Waals surface area contributed by atoms with Crippen molar-refractivity contribution in [1.82, 2.24) is 0 Å². The summed E-state index contributed by atoms with van der Waals surface area (Å²) in [6.07, 6.45) is 3.79. The Morgan fingerprint density at radius 1 is 1.32 bits per heavy atom. The Morgan fingerprint density at radius 2 is 2.05 bits per heavy atom. The first-order valence-electron chi connectivity index (χ1n) is 7.31. The van der Waals surface area contributed by atoms with Gasteiger partial charge in [0.2, 0.25) is 0 Å². The number of rotatable bonds is 4. The first-order valence-corrected chi connectivity index (χ1v) is 7.31. The van der Waals surface area contributed by atoms with Crippen molar-refractivity contribution < 1.29 is 9.84 Å². The monoisotopic (exact) mass is 261 g/mol. The summed E-state index contributed by atoms with van der Waals surface area (Å²) in [6.45, 7) is 1.93. The lowest BCUT2D eigenvalue weighted by atomic mass is 9.73. The van der Waals surface area contributed by atoms with Crippen molar-refractivity contribution in [3.05, 3.63) is 35.4 Å². The molecule has 3 N–H and O–H groups in total. The van der Waals surface area contributed by atoms with Crippen LogP contribution in [0.4, 0.5) is 0 Å². The van der Waals surface area contributed by atoms with Crippen LogP contribution in [0.25, 0.3) is 0 Å². The topological polar surface area (TPSA) is 55.5 Å². The van der Waals surface area contributed by atoms with Crippen molar-refractivity contribution in [2.75, 3.05) is 19.8 Å². The minimum absolute atomic E-state index is 0.208. The Balaban J connectivity index is 1.84. The van der Waals surface area contributed by atoms with E-state index in [4.69, 9.17) is 10.5 Å². The Morgan fingerprint density at radius 3 is 2.68 bits per heavy atom. The van der Waals surface area contributed by atoms with E-state index in [1.807, 2.05) is 6.07 Å². The van der Waals surface area contributed by atoms with E-state index in [-0.39, 0.29) is 5.41 Å². The Bertz CT molecular complexity index is 436. The third kappa shape index (κ3) is 2.55. The molecule has 0 bridgehead atoms. The molecule has 1 aliphatic heterocycles. The van der Waals surface area contributed by atoms with Crippen LogP contribution < -0.4 is 5.73 Å². The van der Waals surface area contributed by atoms with Crippen molar-refractivity contribution >= 4 is 0 Å². The minimum Gasteiger partial charge on any atom is -0.388 e. The van der Waals surface area contributed by atoms with E-state index in [1.54, 1.807) is 0 Å². The SMILES string of the molecule is NCC1(C(O)c2cccc(C3CC3)c2)CCOCC1. The molecule has 1 saturated heterocycles. The molecular weight excluding hydrogens is 238 g/mol. The van der Waals surface area contributed by atoms with Crippen LogP contribution in [-0.4, -0.2) is 24.9 Å². The molecule has 1 saturated carbocycles. The molecule has 1 aromatic rings. The molecule has 1 atom stereocenters. The van der Waals surface area contributed by atoms with Crippen molar-refractivity contribution in [1.29, 1.82) is 0 Å². The highest BCUT2D eigenvalue weighted by Crippen LogP contribution is 2.44. The molecule has 19 heavy (non-hydrogen) atoms. The van der Waals surface area contributed by atoms with Gasteiger partial charge in [0.1, 0.15) is 0 Å². The van der Waals surface area contributed by atoms with Crippen LogP contribution in [-0.2, 0) is 4.74 Å². The average molecular weight is 261 g/mol. The normalized spacial score (nSPS) is 24.1. The largest absolute Gasteiger partial charge is 0.388 e. The second-order valence-electron chi connectivity index (χ2n) is 6.03. The van der Waals surface area contributed by atoms with E-state index < -0.39 is 6.10 Å². The van der Waals surface area contributed by atoms with Crippen molar-refractivity contribution in [2.45, 2.75) is 37.7 Å². The van der Waals surface area contributed by atoms with Gasteiger partial charge in [-0.15, -0.1) is 0 Å². The fourth-order valence-corrected chi connectivity index (χ4v) is 3.12. The Hall–Kier alpha value is -0.900. The quantitative estimate of drug-likeness (QED) is 0.874. The summed E-state index contributed by atoms with van der Waals surface area (Å²) in [5.41, 5.74) is 8.16. The van der Waals surface area contributed by atoms with Gasteiger partial charge in [-0.25, -0.2) is 0 Å². The number of nitrogens with two attached hydrogens (primary N) is 1. The molecule has 0 radical (unpaired) electrons. The summed E-state index contributed by atoms with van der Waals surface area (Å²) in [7, 11) is 0. The molecule has 0 aromatic heterocycles. The average Bonchev–Trinajstić information content (AvgIpc) is 3.32. The van der Waals surface area contributed by atoms with E-state index in [2.05, 4.69) is 18.2 Å². The minimum atomic E-state index is -0.472. The van der Waals surface area contributed by atoms with Crippen LogP contribution in [0, 0.1) is 5.41 Å². The number of aliphatic hydroxyl groups is 1. The van der Waals surface area contributed by atoms with Gasteiger partial charge in [0.15, 0.2) is 0 Å². The lowest BCUT2D eigenvalue weighted by Crippen LogP contribution is -2.41. The second kappa shape index (κ2) is 5.23. The molecule has 1 aliphatic carbocycles. The number of aliphatic hydroxyl groups excluding tert-OH is 1. The molecule has 3 heteroatoms. The molecule has 104 valence electrons. The van der Waals surface area contributed by atoms with Gasteiger partial charge in [-0.3, -0.25) is 0 Å². The lowest BCUT2D eigenvalue weighted by Gasteiger charge is -2.40. The summed E-state index contributed by atoms with van der Waals surface area (Å²) in [5.74, 6) is 0.718. The third-order valence-corrected chi connectivity index (χ3v) is 4.75. The zero-order chi connectivity index (χ0) is 13.3. The van der Waals surface area contributed by atoms with Gasteiger partial charge < -0.3 is 15.6 Å². The fourth-order valence-electron chi connectivity index (χ4n) is 3.12. The molecule has 2 fully saturated rings. The summed E-state index contributed by atoms with van der Waals surface area (Å²) >= 11 is 0. The molecular formula is C16H23NO2. The van der Waals surface area contributed by atoms with E-state index in [0.29, 0.717) is 19.8 Å². The van der Waals surface area contributed by atoms with Gasteiger partial charge in [-0.2, -0.15) is 0 Å².